The first kappa shape index (κ1) is 18.7. The molecule has 3 heterocycles. The van der Waals surface area contributed by atoms with E-state index in [-0.39, 0.29) is 18.3 Å². The van der Waals surface area contributed by atoms with Crippen LogP contribution < -0.4 is 5.32 Å². The Labute approximate surface area is 152 Å². The van der Waals surface area contributed by atoms with Gasteiger partial charge in [-0.1, -0.05) is 0 Å². The van der Waals surface area contributed by atoms with Crippen LogP contribution in [0.25, 0.3) is 0 Å². The average molecular weight is 407 g/mol. The Morgan fingerprint density at radius 3 is 2.78 bits per heavy atom. The van der Waals surface area contributed by atoms with E-state index in [9.17, 15) is 4.79 Å². The third-order valence-electron chi connectivity index (χ3n) is 4.67. The Balaban J connectivity index is 0.00000192. The molecule has 1 N–H and O–H groups in total. The van der Waals surface area contributed by atoms with Gasteiger partial charge in [-0.3, -0.25) is 14.4 Å². The van der Waals surface area contributed by atoms with Gasteiger partial charge in [-0.2, -0.15) is 5.10 Å². The van der Waals surface area contributed by atoms with E-state index in [4.69, 9.17) is 0 Å². The van der Waals surface area contributed by atoms with Crippen molar-refractivity contribution in [2.45, 2.75) is 19.4 Å². The van der Waals surface area contributed by atoms with Crippen molar-refractivity contribution in [2.24, 2.45) is 13.0 Å². The molecule has 1 aromatic rings. The predicted molar refractivity (Wildman–Crippen MR) is 95.6 cm³/mol. The molecule has 0 bridgehead atoms. The highest BCUT2D eigenvalue weighted by molar-refractivity contribution is 9.10. The van der Waals surface area contributed by atoms with Gasteiger partial charge in [0.15, 0.2) is 0 Å². The molecule has 3 rings (SSSR count). The molecule has 0 radical (unpaired) electrons. The molecule has 1 aromatic heterocycles. The summed E-state index contributed by atoms with van der Waals surface area (Å²) in [6.45, 7) is 6.31. The summed E-state index contributed by atoms with van der Waals surface area (Å²) in [5, 5.41) is 7.57. The van der Waals surface area contributed by atoms with Crippen molar-refractivity contribution >= 4 is 34.2 Å². The van der Waals surface area contributed by atoms with Crippen molar-refractivity contribution in [2.75, 3.05) is 39.3 Å². The molecule has 0 aliphatic carbocycles. The van der Waals surface area contributed by atoms with Gasteiger partial charge in [0.25, 0.3) is 0 Å². The fraction of sp³-hybridized carbons (Fsp3) is 0.733. The summed E-state index contributed by atoms with van der Waals surface area (Å²) in [6.07, 6.45) is 3.95. The Bertz CT molecular complexity index is 512. The second-order valence-electron chi connectivity index (χ2n) is 6.21. The topological polar surface area (TPSA) is 53.4 Å². The van der Waals surface area contributed by atoms with Crippen LogP contribution in [0.1, 0.15) is 18.5 Å². The number of piperazine rings is 1. The second-order valence-corrected chi connectivity index (χ2v) is 7.07. The minimum Gasteiger partial charge on any atom is -0.340 e. The van der Waals surface area contributed by atoms with Gasteiger partial charge >= 0.3 is 0 Å². The van der Waals surface area contributed by atoms with Crippen molar-refractivity contribution in [3.63, 3.8) is 0 Å². The van der Waals surface area contributed by atoms with Crippen LogP contribution in [0.5, 0.6) is 0 Å². The summed E-state index contributed by atoms with van der Waals surface area (Å²) in [5.41, 5.74) is 1.18. The number of nitrogens with zero attached hydrogens (tertiary/aromatic N) is 4. The van der Waals surface area contributed by atoms with Gasteiger partial charge in [-0.05, 0) is 35.3 Å². The Morgan fingerprint density at radius 1 is 1.39 bits per heavy atom. The molecule has 0 aromatic carbocycles. The SMILES string of the molecule is Cl.Cn1ncc(Br)c1CN1CCCC(C(=O)N2CCNCC2)C1. The van der Waals surface area contributed by atoms with Crippen LogP contribution in [0.4, 0.5) is 0 Å². The van der Waals surface area contributed by atoms with Crippen LogP contribution in [0.2, 0.25) is 0 Å². The number of hydrogen-bond donors (Lipinski definition) is 1. The third-order valence-corrected chi connectivity index (χ3v) is 5.33. The van der Waals surface area contributed by atoms with Crippen LogP contribution in [-0.2, 0) is 18.4 Å². The first-order valence-electron chi connectivity index (χ1n) is 8.03. The van der Waals surface area contributed by atoms with Gasteiger partial charge in [0.05, 0.1) is 22.3 Å². The molecule has 6 nitrogen and oxygen atoms in total. The molecule has 2 aliphatic heterocycles. The number of rotatable bonds is 3. The molecular weight excluding hydrogens is 382 g/mol. The normalized spacial score (nSPS) is 22.7. The molecule has 0 saturated carbocycles. The molecule has 0 spiro atoms. The van der Waals surface area contributed by atoms with Crippen LogP contribution >= 0.6 is 28.3 Å². The molecule has 1 amide bonds. The lowest BCUT2D eigenvalue weighted by Crippen LogP contribution is -2.51. The highest BCUT2D eigenvalue weighted by atomic mass is 79.9. The highest BCUT2D eigenvalue weighted by Gasteiger charge is 2.30. The number of amides is 1. The Kier molecular flexibility index (Phi) is 6.88. The summed E-state index contributed by atoms with van der Waals surface area (Å²) in [6, 6.07) is 0. The van der Waals surface area contributed by atoms with E-state index in [1.807, 2.05) is 22.8 Å². The molecule has 23 heavy (non-hydrogen) atoms. The maximum atomic E-state index is 12.7. The van der Waals surface area contributed by atoms with E-state index in [0.717, 1.165) is 63.1 Å². The molecule has 1 atom stereocenters. The minimum absolute atomic E-state index is 0. The van der Waals surface area contributed by atoms with Crippen LogP contribution in [-0.4, -0.2) is 64.8 Å². The van der Waals surface area contributed by atoms with E-state index < -0.39 is 0 Å². The van der Waals surface area contributed by atoms with Crippen LogP contribution in [0, 0.1) is 5.92 Å². The van der Waals surface area contributed by atoms with E-state index in [0.29, 0.717) is 5.91 Å². The third kappa shape index (κ3) is 4.47. The average Bonchev–Trinajstić information content (AvgIpc) is 2.87. The summed E-state index contributed by atoms with van der Waals surface area (Å²) in [7, 11) is 1.97. The van der Waals surface area contributed by atoms with Gasteiger partial charge in [0.2, 0.25) is 5.91 Å². The molecular formula is C15H25BrClN5O. The lowest BCUT2D eigenvalue weighted by atomic mass is 9.96. The minimum atomic E-state index is 0. The fourth-order valence-corrected chi connectivity index (χ4v) is 3.84. The van der Waals surface area contributed by atoms with Gasteiger partial charge in [-0.25, -0.2) is 0 Å². The summed E-state index contributed by atoms with van der Waals surface area (Å²) >= 11 is 3.56. The summed E-state index contributed by atoms with van der Waals surface area (Å²) < 4.78 is 2.96. The maximum Gasteiger partial charge on any atom is 0.227 e. The predicted octanol–water partition coefficient (Wildman–Crippen LogP) is 1.25. The number of piperidine rings is 1. The maximum absolute atomic E-state index is 12.7. The van der Waals surface area contributed by atoms with Crippen LogP contribution in [0.3, 0.4) is 0 Å². The number of likely N-dealkylation sites (tertiary alicyclic amines) is 1. The van der Waals surface area contributed by atoms with Crippen LogP contribution in [0.15, 0.2) is 10.7 Å². The van der Waals surface area contributed by atoms with E-state index in [1.165, 1.54) is 5.69 Å². The number of halogens is 2. The lowest BCUT2D eigenvalue weighted by molar-refractivity contribution is -0.138. The van der Waals surface area contributed by atoms with Gasteiger partial charge in [0.1, 0.15) is 0 Å². The molecule has 1 unspecified atom stereocenters. The summed E-state index contributed by atoms with van der Waals surface area (Å²) in [5.74, 6) is 0.495. The number of aromatic nitrogens is 2. The van der Waals surface area contributed by atoms with Gasteiger partial charge in [-0.15, -0.1) is 12.4 Å². The molecule has 130 valence electrons. The quantitative estimate of drug-likeness (QED) is 0.821. The second kappa shape index (κ2) is 8.46. The van der Waals surface area contributed by atoms with Crippen molar-refractivity contribution in [3.05, 3.63) is 16.4 Å². The number of aryl methyl sites for hydroxylation is 1. The zero-order valence-electron chi connectivity index (χ0n) is 13.5. The molecule has 8 heteroatoms. The van der Waals surface area contributed by atoms with Crippen molar-refractivity contribution in [1.82, 2.24) is 24.9 Å². The lowest BCUT2D eigenvalue weighted by Gasteiger charge is -2.36. The van der Waals surface area contributed by atoms with E-state index in [2.05, 4.69) is 31.2 Å². The number of nitrogens with one attached hydrogen (secondary N) is 1. The monoisotopic (exact) mass is 405 g/mol. The molecule has 2 fully saturated rings. The van der Waals surface area contributed by atoms with Crippen molar-refractivity contribution in [3.8, 4) is 0 Å². The molecule has 2 aliphatic rings. The van der Waals surface area contributed by atoms with Gasteiger partial charge < -0.3 is 10.2 Å². The molecule has 2 saturated heterocycles. The van der Waals surface area contributed by atoms with E-state index in [1.54, 1.807) is 0 Å². The van der Waals surface area contributed by atoms with Crippen molar-refractivity contribution < 1.29 is 4.79 Å². The zero-order chi connectivity index (χ0) is 15.5. The van der Waals surface area contributed by atoms with E-state index >= 15 is 0 Å². The fourth-order valence-electron chi connectivity index (χ4n) is 3.37. The highest BCUT2D eigenvalue weighted by Crippen LogP contribution is 2.23. The zero-order valence-corrected chi connectivity index (χ0v) is 15.9. The summed E-state index contributed by atoms with van der Waals surface area (Å²) in [4.78, 5) is 17.1. The first-order chi connectivity index (χ1) is 10.6. The first-order valence-corrected chi connectivity index (χ1v) is 8.82. The Morgan fingerprint density at radius 2 is 2.13 bits per heavy atom. The number of hydrogen-bond acceptors (Lipinski definition) is 4. The smallest absolute Gasteiger partial charge is 0.227 e. The van der Waals surface area contributed by atoms with Crippen molar-refractivity contribution in [1.29, 1.82) is 0 Å². The standard InChI is InChI=1S/C15H24BrN5O.ClH/c1-19-14(13(16)9-18-19)11-20-6-2-3-12(10-20)15(22)21-7-4-17-5-8-21;/h9,12,17H,2-8,10-11H2,1H3;1H. The van der Waals surface area contributed by atoms with Gasteiger partial charge in [0, 0.05) is 46.3 Å². The number of carbonyl (C=O) groups is 1. The Hall–Kier alpha value is -0.630. The largest absolute Gasteiger partial charge is 0.340 e. The number of carbonyl (C=O) groups excluding carboxylic acids is 1.